The number of rotatable bonds is 4. The Kier molecular flexibility index (Phi) is 4.86. The number of nitrogens with two attached hydrogens (primary N) is 1. The maximum atomic E-state index is 12.5. The fourth-order valence-electron chi connectivity index (χ4n) is 2.20. The molecule has 1 heterocycles. The maximum absolute atomic E-state index is 12.5. The van der Waals surface area contributed by atoms with E-state index in [2.05, 4.69) is 0 Å². The number of anilines is 1. The molecule has 1 aliphatic heterocycles. The Morgan fingerprint density at radius 3 is 2.67 bits per heavy atom. The summed E-state index contributed by atoms with van der Waals surface area (Å²) in [5.74, 6) is 0.631. The van der Waals surface area contributed by atoms with Crippen LogP contribution in [0.2, 0.25) is 0 Å². The summed E-state index contributed by atoms with van der Waals surface area (Å²) in [6, 6.07) is 6.61. The highest BCUT2D eigenvalue weighted by Crippen LogP contribution is 2.25. The second-order valence-corrected chi connectivity index (χ2v) is 10.2. The molecule has 2 rings (SSSR count). The van der Waals surface area contributed by atoms with E-state index in [0.717, 1.165) is 10.6 Å². The summed E-state index contributed by atoms with van der Waals surface area (Å²) in [4.78, 5) is 0. The molecule has 21 heavy (non-hydrogen) atoms. The summed E-state index contributed by atoms with van der Waals surface area (Å²) < 4.78 is 49.8. The number of hydrogen-bond donors (Lipinski definition) is 1. The number of benzene rings is 1. The molecule has 1 aromatic carbocycles. The Balaban J connectivity index is 2.29. The molecule has 1 aromatic rings. The molecule has 118 valence electrons. The van der Waals surface area contributed by atoms with E-state index in [0.29, 0.717) is 17.0 Å². The van der Waals surface area contributed by atoms with Crippen molar-refractivity contribution in [2.24, 2.45) is 0 Å². The number of nitrogens with zero attached hydrogens (tertiary/aromatic N) is 1. The average molecular weight is 350 g/mol. The number of thioether (sulfide) groups is 1. The summed E-state index contributed by atoms with van der Waals surface area (Å²) >= 11 is 1.45. The van der Waals surface area contributed by atoms with Gasteiger partial charge in [0.2, 0.25) is 10.0 Å². The molecule has 0 radical (unpaired) electrons. The van der Waals surface area contributed by atoms with Crippen molar-refractivity contribution in [2.45, 2.75) is 11.1 Å². The lowest BCUT2D eigenvalue weighted by molar-refractivity contribution is 0.404. The minimum absolute atomic E-state index is 0.215. The van der Waals surface area contributed by atoms with Crippen LogP contribution in [0, 0.1) is 0 Å². The Bertz CT molecular complexity index is 716. The lowest BCUT2D eigenvalue weighted by Crippen LogP contribution is -2.50. The molecule has 0 spiro atoms. The van der Waals surface area contributed by atoms with E-state index in [1.54, 1.807) is 24.3 Å². The first-order valence-electron chi connectivity index (χ1n) is 6.31. The number of sulfonamides is 1. The van der Waals surface area contributed by atoms with E-state index < -0.39 is 25.2 Å². The molecule has 0 aromatic heterocycles. The van der Waals surface area contributed by atoms with Crippen molar-refractivity contribution in [1.82, 2.24) is 4.31 Å². The molecule has 6 nitrogen and oxygen atoms in total. The molecule has 0 saturated carbocycles. The average Bonchev–Trinajstić information content (AvgIpc) is 2.37. The molecule has 0 aliphatic carbocycles. The molecule has 2 N–H and O–H groups in total. The molecular weight excluding hydrogens is 332 g/mol. The van der Waals surface area contributed by atoms with Gasteiger partial charge in [-0.1, -0.05) is 12.1 Å². The standard InChI is InChI=1S/C12H18N2O4S3/c1-20(15,16)12-8-19-6-5-14(12)21(17,18)9-10-3-2-4-11(13)7-10/h2-4,7,12H,5-6,8-9,13H2,1H3. The second kappa shape index (κ2) is 6.15. The normalized spacial score (nSPS) is 21.3. The highest BCUT2D eigenvalue weighted by Gasteiger charge is 2.38. The van der Waals surface area contributed by atoms with Crippen molar-refractivity contribution in [3.63, 3.8) is 0 Å². The van der Waals surface area contributed by atoms with Gasteiger partial charge in [0.25, 0.3) is 0 Å². The molecule has 1 saturated heterocycles. The first-order valence-corrected chi connectivity index (χ1v) is 11.0. The van der Waals surface area contributed by atoms with Crippen LogP contribution in [0.25, 0.3) is 0 Å². The van der Waals surface area contributed by atoms with Gasteiger partial charge in [-0.2, -0.15) is 16.1 Å². The lowest BCUT2D eigenvalue weighted by Gasteiger charge is -2.33. The summed E-state index contributed by atoms with van der Waals surface area (Å²) in [7, 11) is -7.16. The van der Waals surface area contributed by atoms with Crippen LogP contribution in [0.1, 0.15) is 5.56 Å². The van der Waals surface area contributed by atoms with Gasteiger partial charge >= 0.3 is 0 Å². The highest BCUT2D eigenvalue weighted by atomic mass is 32.2. The monoisotopic (exact) mass is 350 g/mol. The van der Waals surface area contributed by atoms with Gasteiger partial charge < -0.3 is 5.73 Å². The van der Waals surface area contributed by atoms with Crippen LogP contribution in [-0.2, 0) is 25.6 Å². The third-order valence-electron chi connectivity index (χ3n) is 3.19. The van der Waals surface area contributed by atoms with Crippen LogP contribution in [0.4, 0.5) is 5.69 Å². The van der Waals surface area contributed by atoms with E-state index in [4.69, 9.17) is 5.73 Å². The molecule has 1 unspecified atom stereocenters. The molecule has 0 amide bonds. The largest absolute Gasteiger partial charge is 0.399 e. The van der Waals surface area contributed by atoms with Gasteiger partial charge in [0.1, 0.15) is 5.37 Å². The van der Waals surface area contributed by atoms with E-state index in [1.165, 1.54) is 11.8 Å². The molecule has 1 atom stereocenters. The minimum atomic E-state index is -3.70. The quantitative estimate of drug-likeness (QED) is 0.795. The van der Waals surface area contributed by atoms with Crippen molar-refractivity contribution in [2.75, 3.05) is 30.0 Å². The van der Waals surface area contributed by atoms with Crippen molar-refractivity contribution in [3.05, 3.63) is 29.8 Å². The summed E-state index contributed by atoms with van der Waals surface area (Å²) in [5.41, 5.74) is 6.68. The Morgan fingerprint density at radius 1 is 1.33 bits per heavy atom. The summed E-state index contributed by atoms with van der Waals surface area (Å²) in [6.07, 6.45) is 1.08. The lowest BCUT2D eigenvalue weighted by atomic mass is 10.2. The van der Waals surface area contributed by atoms with Gasteiger partial charge in [0.05, 0.1) is 5.75 Å². The zero-order chi connectivity index (χ0) is 15.7. The van der Waals surface area contributed by atoms with Gasteiger partial charge in [0.15, 0.2) is 9.84 Å². The minimum Gasteiger partial charge on any atom is -0.399 e. The molecule has 1 fully saturated rings. The number of nitrogen functional groups attached to an aromatic ring is 1. The Morgan fingerprint density at radius 2 is 2.05 bits per heavy atom. The molecule has 9 heteroatoms. The van der Waals surface area contributed by atoms with E-state index >= 15 is 0 Å². The van der Waals surface area contributed by atoms with Crippen LogP contribution < -0.4 is 5.73 Å². The SMILES string of the molecule is CS(=O)(=O)C1CSCCN1S(=O)(=O)Cc1cccc(N)c1. The fraction of sp³-hybridized carbons (Fsp3) is 0.500. The molecule has 0 bridgehead atoms. The van der Waals surface area contributed by atoms with Crippen molar-refractivity contribution in [3.8, 4) is 0 Å². The fourth-order valence-corrected chi connectivity index (χ4v) is 7.52. The predicted octanol–water partition coefficient (Wildman–Crippen LogP) is 0.518. The number of hydrogen-bond acceptors (Lipinski definition) is 6. The first kappa shape index (κ1) is 16.6. The Labute approximate surface area is 129 Å². The van der Waals surface area contributed by atoms with Crippen LogP contribution in [0.3, 0.4) is 0 Å². The molecular formula is C12H18N2O4S3. The summed E-state index contributed by atoms with van der Waals surface area (Å²) in [6.45, 7) is 0.215. The van der Waals surface area contributed by atoms with Crippen molar-refractivity contribution >= 4 is 37.3 Å². The van der Waals surface area contributed by atoms with Crippen molar-refractivity contribution < 1.29 is 16.8 Å². The zero-order valence-corrected chi connectivity index (χ0v) is 14.0. The van der Waals surface area contributed by atoms with Crippen LogP contribution in [0.15, 0.2) is 24.3 Å². The van der Waals surface area contributed by atoms with Gasteiger partial charge in [-0.15, -0.1) is 0 Å². The third-order valence-corrected chi connectivity index (χ3v) is 7.82. The van der Waals surface area contributed by atoms with Gasteiger partial charge in [-0.25, -0.2) is 16.8 Å². The van der Waals surface area contributed by atoms with Crippen molar-refractivity contribution in [1.29, 1.82) is 0 Å². The predicted molar refractivity (Wildman–Crippen MR) is 86.1 cm³/mol. The molecule has 1 aliphatic rings. The van der Waals surface area contributed by atoms with Gasteiger partial charge in [-0.05, 0) is 17.7 Å². The summed E-state index contributed by atoms with van der Waals surface area (Å²) in [5, 5.41) is -0.984. The first-order chi connectivity index (χ1) is 9.70. The van der Waals surface area contributed by atoms with Gasteiger partial charge in [-0.3, -0.25) is 0 Å². The topological polar surface area (TPSA) is 97.5 Å². The van der Waals surface area contributed by atoms with E-state index in [-0.39, 0.29) is 18.1 Å². The number of sulfone groups is 1. The van der Waals surface area contributed by atoms with Crippen LogP contribution >= 0.6 is 11.8 Å². The smallest absolute Gasteiger partial charge is 0.219 e. The van der Waals surface area contributed by atoms with Gasteiger partial charge in [0, 0.05) is 30.0 Å². The van der Waals surface area contributed by atoms with Crippen LogP contribution in [-0.4, -0.2) is 50.8 Å². The second-order valence-electron chi connectivity index (χ2n) is 4.97. The zero-order valence-electron chi connectivity index (χ0n) is 11.6. The maximum Gasteiger partial charge on any atom is 0.219 e. The third kappa shape index (κ3) is 4.12. The highest BCUT2D eigenvalue weighted by molar-refractivity contribution is 8.01. The Hall–Kier alpha value is -0.770. The van der Waals surface area contributed by atoms with E-state index in [1.807, 2.05) is 0 Å². The van der Waals surface area contributed by atoms with Crippen LogP contribution in [0.5, 0.6) is 0 Å². The van der Waals surface area contributed by atoms with E-state index in [9.17, 15) is 16.8 Å².